The number of amides is 1. The zero-order valence-corrected chi connectivity index (χ0v) is 21.1. The Morgan fingerprint density at radius 1 is 1.11 bits per heavy atom. The third kappa shape index (κ3) is 3.10. The third-order valence-electron chi connectivity index (χ3n) is 7.44. The molecule has 0 fully saturated rings. The minimum atomic E-state index is -1.62. The number of aromatic nitrogens is 1. The maximum atomic E-state index is 14.6. The molecule has 0 saturated heterocycles. The monoisotopic (exact) mass is 524 g/mol. The van der Waals surface area contributed by atoms with Crippen molar-refractivity contribution >= 4 is 40.5 Å². The van der Waals surface area contributed by atoms with Gasteiger partial charge in [0.2, 0.25) is 5.91 Å². The van der Waals surface area contributed by atoms with Crippen LogP contribution in [0.4, 0.5) is 15.8 Å². The SMILES string of the molecule is C=CCN1C(=O)[C@]2(C(C#N)=C(n3cccc3)N(c3ccc(F)c(Cl)c3)C3=C2C(=O)CCC3)c2ccccc21. The molecule has 1 aromatic heterocycles. The molecule has 6 rings (SSSR count). The molecule has 8 heteroatoms. The van der Waals surface area contributed by atoms with Crippen molar-refractivity contribution in [2.24, 2.45) is 0 Å². The van der Waals surface area contributed by atoms with Gasteiger partial charge in [-0.1, -0.05) is 35.9 Å². The van der Waals surface area contributed by atoms with Crippen molar-refractivity contribution in [2.45, 2.75) is 24.7 Å². The van der Waals surface area contributed by atoms with Crippen LogP contribution in [-0.2, 0) is 15.0 Å². The minimum Gasteiger partial charge on any atom is -0.309 e. The molecule has 1 aliphatic carbocycles. The van der Waals surface area contributed by atoms with Crippen molar-refractivity contribution in [3.05, 3.63) is 113 Å². The predicted molar refractivity (Wildman–Crippen MR) is 144 cm³/mol. The number of rotatable bonds is 4. The van der Waals surface area contributed by atoms with E-state index in [4.69, 9.17) is 11.6 Å². The molecule has 0 saturated carbocycles. The fourth-order valence-corrected chi connectivity index (χ4v) is 6.19. The highest BCUT2D eigenvalue weighted by atomic mass is 35.5. The van der Waals surface area contributed by atoms with Crippen LogP contribution in [-0.4, -0.2) is 22.8 Å². The van der Waals surface area contributed by atoms with Crippen LogP contribution in [0.3, 0.4) is 0 Å². The minimum absolute atomic E-state index is 0.0862. The summed E-state index contributed by atoms with van der Waals surface area (Å²) in [4.78, 5) is 31.8. The number of ketones is 1. The summed E-state index contributed by atoms with van der Waals surface area (Å²) in [6.45, 7) is 4.04. The van der Waals surface area contributed by atoms with Crippen molar-refractivity contribution in [2.75, 3.05) is 16.3 Å². The van der Waals surface area contributed by atoms with Crippen LogP contribution in [0.25, 0.3) is 5.82 Å². The van der Waals surface area contributed by atoms with E-state index in [1.807, 2.05) is 36.4 Å². The van der Waals surface area contributed by atoms with Crippen molar-refractivity contribution < 1.29 is 14.0 Å². The van der Waals surface area contributed by atoms with Crippen molar-refractivity contribution in [3.8, 4) is 6.07 Å². The number of carbonyl (C=O) groups excluding carboxylic acids is 2. The van der Waals surface area contributed by atoms with Crippen LogP contribution in [0.2, 0.25) is 5.02 Å². The summed E-state index contributed by atoms with van der Waals surface area (Å²) in [5.74, 6) is -0.728. The maximum absolute atomic E-state index is 14.6. The van der Waals surface area contributed by atoms with Gasteiger partial charge >= 0.3 is 0 Å². The first-order chi connectivity index (χ1) is 18.4. The molecule has 6 nitrogen and oxygen atoms in total. The Morgan fingerprint density at radius 3 is 2.58 bits per heavy atom. The van der Waals surface area contributed by atoms with Gasteiger partial charge in [0.1, 0.15) is 23.1 Å². The van der Waals surface area contributed by atoms with E-state index in [0.717, 1.165) is 0 Å². The lowest BCUT2D eigenvalue weighted by atomic mass is 9.63. The first-order valence-electron chi connectivity index (χ1n) is 12.3. The zero-order valence-electron chi connectivity index (χ0n) is 20.3. The van der Waals surface area contributed by atoms with E-state index in [0.29, 0.717) is 46.9 Å². The molecule has 3 heterocycles. The molecule has 0 bridgehead atoms. The van der Waals surface area contributed by atoms with Gasteiger partial charge in [-0.25, -0.2) is 4.39 Å². The molecule has 1 spiro atoms. The van der Waals surface area contributed by atoms with Crippen molar-refractivity contribution in [1.82, 2.24) is 4.57 Å². The fraction of sp³-hybridized carbons (Fsp3) is 0.167. The molecule has 3 aliphatic rings. The lowest BCUT2D eigenvalue weighted by Gasteiger charge is -2.45. The molecule has 2 aliphatic heterocycles. The van der Waals surface area contributed by atoms with Crippen LogP contribution in [0, 0.1) is 17.1 Å². The standard InChI is InChI=1S/C30H22ClFN4O2/c1-2-14-35-24-9-4-3-8-20(24)30(29(35)38)21(18-33)28(34-15-5-6-16-34)36(19-12-13-23(32)22(31)17-19)25-10-7-11-26(37)27(25)30/h2-6,8-9,12-13,15-17H,1,7,10-11,14H2/t30-/m0/s1. The number of para-hydroxylation sites is 1. The Hall–Kier alpha value is -4.41. The van der Waals surface area contributed by atoms with Gasteiger partial charge in [0.05, 0.1) is 10.6 Å². The molecule has 1 amide bonds. The van der Waals surface area contributed by atoms with Gasteiger partial charge in [0.15, 0.2) is 5.78 Å². The summed E-state index contributed by atoms with van der Waals surface area (Å²) in [5, 5.41) is 10.7. The molecule has 3 aromatic rings. The zero-order chi connectivity index (χ0) is 26.6. The number of nitriles is 1. The summed E-state index contributed by atoms with van der Waals surface area (Å²) in [6.07, 6.45) is 6.50. The van der Waals surface area contributed by atoms with Gasteiger partial charge in [0.25, 0.3) is 0 Å². The second kappa shape index (κ2) is 8.86. The third-order valence-corrected chi connectivity index (χ3v) is 7.73. The average molecular weight is 525 g/mol. The highest BCUT2D eigenvalue weighted by molar-refractivity contribution is 6.31. The van der Waals surface area contributed by atoms with Gasteiger partial charge in [-0.15, -0.1) is 6.58 Å². The molecule has 0 N–H and O–H groups in total. The molecule has 1 atom stereocenters. The van der Waals surface area contributed by atoms with E-state index < -0.39 is 11.2 Å². The number of hydrogen-bond donors (Lipinski definition) is 0. The van der Waals surface area contributed by atoms with Crippen LogP contribution >= 0.6 is 11.6 Å². The van der Waals surface area contributed by atoms with E-state index >= 15 is 0 Å². The number of anilines is 2. The van der Waals surface area contributed by atoms with E-state index in [1.165, 1.54) is 12.1 Å². The summed E-state index contributed by atoms with van der Waals surface area (Å²) in [7, 11) is 0. The van der Waals surface area contributed by atoms with Crippen LogP contribution < -0.4 is 9.80 Å². The van der Waals surface area contributed by atoms with Gasteiger partial charge in [-0.2, -0.15) is 5.26 Å². The summed E-state index contributed by atoms with van der Waals surface area (Å²) in [6, 6.07) is 17.6. The number of allylic oxidation sites excluding steroid dienone is 1. The Morgan fingerprint density at radius 2 is 1.87 bits per heavy atom. The number of nitrogens with zero attached hydrogens (tertiary/aromatic N) is 4. The highest BCUT2D eigenvalue weighted by Gasteiger charge is 2.62. The quantitative estimate of drug-likeness (QED) is 0.394. The fourth-order valence-electron chi connectivity index (χ4n) is 6.01. The Balaban J connectivity index is 1.78. The van der Waals surface area contributed by atoms with Gasteiger partial charge in [-0.05, 0) is 49.2 Å². The summed E-state index contributed by atoms with van der Waals surface area (Å²) < 4.78 is 16.0. The largest absolute Gasteiger partial charge is 0.309 e. The van der Waals surface area contributed by atoms with E-state index in [1.54, 1.807) is 38.9 Å². The normalized spacial score (nSPS) is 20.7. The highest BCUT2D eigenvalue weighted by Crippen LogP contribution is 2.58. The Bertz CT molecular complexity index is 1630. The molecule has 2 aromatic carbocycles. The van der Waals surface area contributed by atoms with Crippen molar-refractivity contribution in [3.63, 3.8) is 0 Å². The smallest absolute Gasteiger partial charge is 0.248 e. The Kier molecular flexibility index (Phi) is 5.59. The topological polar surface area (TPSA) is 69.3 Å². The second-order valence-electron chi connectivity index (χ2n) is 9.40. The van der Waals surface area contributed by atoms with E-state index in [9.17, 15) is 19.2 Å². The molecule has 0 radical (unpaired) electrons. The number of carbonyl (C=O) groups is 2. The summed E-state index contributed by atoms with van der Waals surface area (Å²) >= 11 is 6.20. The van der Waals surface area contributed by atoms with Crippen molar-refractivity contribution in [1.29, 1.82) is 5.26 Å². The first-order valence-corrected chi connectivity index (χ1v) is 12.7. The predicted octanol–water partition coefficient (Wildman–Crippen LogP) is 5.97. The lowest BCUT2D eigenvalue weighted by molar-refractivity contribution is -0.124. The number of hydrogen-bond acceptors (Lipinski definition) is 4. The van der Waals surface area contributed by atoms with Gasteiger partial charge in [0, 0.05) is 53.6 Å². The van der Waals surface area contributed by atoms with Crippen LogP contribution in [0.15, 0.2) is 96.5 Å². The lowest BCUT2D eigenvalue weighted by Crippen LogP contribution is -2.51. The average Bonchev–Trinajstić information content (AvgIpc) is 3.53. The van der Waals surface area contributed by atoms with Crippen LogP contribution in [0.1, 0.15) is 24.8 Å². The second-order valence-corrected chi connectivity index (χ2v) is 9.81. The molecule has 0 unspecified atom stereocenters. The number of fused-ring (bicyclic) bond motifs is 3. The van der Waals surface area contributed by atoms with Gasteiger partial charge < -0.3 is 9.47 Å². The number of Topliss-reactive ketones (excluding diaryl/α,β-unsaturated/α-hetero) is 1. The van der Waals surface area contributed by atoms with E-state index in [-0.39, 0.29) is 35.3 Å². The number of halogens is 2. The van der Waals surface area contributed by atoms with Gasteiger partial charge in [-0.3, -0.25) is 14.5 Å². The number of benzene rings is 2. The first kappa shape index (κ1) is 24.0. The Labute approximate surface area is 224 Å². The molecular weight excluding hydrogens is 503 g/mol. The molecule has 188 valence electrons. The van der Waals surface area contributed by atoms with E-state index in [2.05, 4.69) is 12.6 Å². The summed E-state index contributed by atoms with van der Waals surface area (Å²) in [5.41, 5.74) is 1.11. The maximum Gasteiger partial charge on any atom is 0.248 e. The molecular formula is C30H22ClFN4O2. The van der Waals surface area contributed by atoms with Crippen LogP contribution in [0.5, 0.6) is 0 Å². The molecule has 38 heavy (non-hydrogen) atoms.